The summed E-state index contributed by atoms with van der Waals surface area (Å²) >= 11 is 0. The topological polar surface area (TPSA) is 92.8 Å². The van der Waals surface area contributed by atoms with Crippen molar-refractivity contribution in [2.75, 3.05) is 6.61 Å². The van der Waals surface area contributed by atoms with Crippen LogP contribution >= 0.6 is 0 Å². The van der Waals surface area contributed by atoms with Gasteiger partial charge in [0.15, 0.2) is 0 Å². The molecule has 0 bridgehead atoms. The highest BCUT2D eigenvalue weighted by molar-refractivity contribution is 6.23. The summed E-state index contributed by atoms with van der Waals surface area (Å²) in [5.74, 6) is 0.494. The number of rotatable bonds is 3. The van der Waals surface area contributed by atoms with Crippen LogP contribution in [0.15, 0.2) is 18.2 Å². The standard InChI is InChI=1S/C16H12N2O5/c1-2-7-23-9-3-4-10-11(8-9)16(22)18(15(10)21)12-5-6-13(19)17-14(12)20/h1,3-4,8,12H,5-7H2,(H,17,19,20)/t12-/m1/s1. The smallest absolute Gasteiger partial charge is 0.262 e. The maximum absolute atomic E-state index is 12.5. The monoisotopic (exact) mass is 312 g/mol. The van der Waals surface area contributed by atoms with E-state index in [-0.39, 0.29) is 30.6 Å². The SMILES string of the molecule is C#CCOc1ccc2c(c1)C(=O)N([C@@H]1CCC(=O)NC1=O)C2=O. The van der Waals surface area contributed by atoms with E-state index in [1.54, 1.807) is 0 Å². The van der Waals surface area contributed by atoms with Crippen LogP contribution in [-0.2, 0) is 9.59 Å². The highest BCUT2D eigenvalue weighted by atomic mass is 16.5. The minimum atomic E-state index is -0.977. The van der Waals surface area contributed by atoms with E-state index in [0.717, 1.165) is 4.90 Å². The molecule has 0 aromatic heterocycles. The van der Waals surface area contributed by atoms with E-state index >= 15 is 0 Å². The van der Waals surface area contributed by atoms with E-state index in [4.69, 9.17) is 11.2 Å². The average molecular weight is 312 g/mol. The number of amides is 4. The summed E-state index contributed by atoms with van der Waals surface area (Å²) in [6, 6.07) is 3.46. The summed E-state index contributed by atoms with van der Waals surface area (Å²) in [4.78, 5) is 49.0. The van der Waals surface area contributed by atoms with Crippen LogP contribution in [0.25, 0.3) is 0 Å². The molecule has 0 spiro atoms. The third-order valence-corrected chi connectivity index (χ3v) is 3.73. The quantitative estimate of drug-likeness (QED) is 0.631. The van der Waals surface area contributed by atoms with Gasteiger partial charge in [0.1, 0.15) is 18.4 Å². The molecule has 116 valence electrons. The second-order valence-corrected chi connectivity index (χ2v) is 5.15. The molecular weight excluding hydrogens is 300 g/mol. The van der Waals surface area contributed by atoms with Gasteiger partial charge in [-0.1, -0.05) is 5.92 Å². The number of carbonyl (C=O) groups excluding carboxylic acids is 4. The van der Waals surface area contributed by atoms with E-state index in [2.05, 4.69) is 11.2 Å². The van der Waals surface area contributed by atoms with Gasteiger partial charge in [-0.05, 0) is 24.6 Å². The van der Waals surface area contributed by atoms with Crippen LogP contribution in [0, 0.1) is 12.3 Å². The second-order valence-electron chi connectivity index (χ2n) is 5.15. The van der Waals surface area contributed by atoms with Crippen LogP contribution in [0.3, 0.4) is 0 Å². The van der Waals surface area contributed by atoms with Crippen LogP contribution in [-0.4, -0.2) is 41.2 Å². The van der Waals surface area contributed by atoms with Crippen molar-refractivity contribution in [3.05, 3.63) is 29.3 Å². The summed E-state index contributed by atoms with van der Waals surface area (Å²) in [6.45, 7) is 0.0395. The van der Waals surface area contributed by atoms with E-state index in [1.807, 2.05) is 0 Å². The molecule has 2 aliphatic heterocycles. The zero-order valence-corrected chi connectivity index (χ0v) is 12.0. The minimum Gasteiger partial charge on any atom is -0.481 e. The van der Waals surface area contributed by atoms with Crippen LogP contribution in [0.4, 0.5) is 0 Å². The molecule has 1 aromatic rings. The Morgan fingerprint density at radius 2 is 1.96 bits per heavy atom. The van der Waals surface area contributed by atoms with Crippen LogP contribution < -0.4 is 10.1 Å². The Hall–Kier alpha value is -3.14. The van der Waals surface area contributed by atoms with Crippen molar-refractivity contribution in [1.29, 1.82) is 0 Å². The molecule has 7 nitrogen and oxygen atoms in total. The molecular formula is C16H12N2O5. The predicted molar refractivity (Wildman–Crippen MR) is 77.4 cm³/mol. The molecule has 1 N–H and O–H groups in total. The number of nitrogens with zero attached hydrogens (tertiary/aromatic N) is 1. The summed E-state index contributed by atoms with van der Waals surface area (Å²) < 4.78 is 5.24. The Morgan fingerprint density at radius 3 is 2.65 bits per heavy atom. The summed E-state index contributed by atoms with van der Waals surface area (Å²) in [5.41, 5.74) is 0.363. The number of terminal acetylenes is 1. The number of piperidine rings is 1. The van der Waals surface area contributed by atoms with Gasteiger partial charge >= 0.3 is 0 Å². The Morgan fingerprint density at radius 1 is 1.22 bits per heavy atom. The first-order valence-electron chi connectivity index (χ1n) is 6.95. The number of hydrogen-bond donors (Lipinski definition) is 1. The van der Waals surface area contributed by atoms with Crippen LogP contribution in [0.5, 0.6) is 5.75 Å². The summed E-state index contributed by atoms with van der Waals surface area (Å²) in [7, 11) is 0. The lowest BCUT2D eigenvalue weighted by Crippen LogP contribution is -2.54. The lowest BCUT2D eigenvalue weighted by atomic mass is 10.0. The lowest BCUT2D eigenvalue weighted by Gasteiger charge is -2.27. The molecule has 1 atom stereocenters. The molecule has 2 heterocycles. The highest BCUT2D eigenvalue weighted by Gasteiger charge is 2.44. The summed E-state index contributed by atoms with van der Waals surface area (Å²) in [6.07, 6.45) is 5.31. The van der Waals surface area contributed by atoms with E-state index in [9.17, 15) is 19.2 Å². The van der Waals surface area contributed by atoms with Gasteiger partial charge in [0.2, 0.25) is 11.8 Å². The Kier molecular flexibility index (Phi) is 3.58. The van der Waals surface area contributed by atoms with Crippen molar-refractivity contribution in [2.24, 2.45) is 0 Å². The average Bonchev–Trinajstić information content (AvgIpc) is 2.77. The molecule has 1 fully saturated rings. The van der Waals surface area contributed by atoms with Crippen molar-refractivity contribution in [3.8, 4) is 18.1 Å². The summed E-state index contributed by atoms with van der Waals surface area (Å²) in [5, 5.41) is 2.14. The zero-order valence-electron chi connectivity index (χ0n) is 12.0. The maximum Gasteiger partial charge on any atom is 0.262 e. The molecule has 0 aliphatic carbocycles. The number of benzene rings is 1. The third kappa shape index (κ3) is 2.44. The fourth-order valence-electron chi connectivity index (χ4n) is 2.66. The number of imide groups is 2. The fourth-order valence-corrected chi connectivity index (χ4v) is 2.66. The third-order valence-electron chi connectivity index (χ3n) is 3.73. The molecule has 0 radical (unpaired) electrons. The van der Waals surface area contributed by atoms with Crippen molar-refractivity contribution in [2.45, 2.75) is 18.9 Å². The maximum atomic E-state index is 12.5. The molecule has 1 aromatic carbocycles. The van der Waals surface area contributed by atoms with Crippen LogP contribution in [0.2, 0.25) is 0 Å². The van der Waals surface area contributed by atoms with E-state index in [1.165, 1.54) is 18.2 Å². The molecule has 23 heavy (non-hydrogen) atoms. The first kappa shape index (κ1) is 14.8. The van der Waals surface area contributed by atoms with Gasteiger partial charge in [0.25, 0.3) is 11.8 Å². The second kappa shape index (κ2) is 5.57. The highest BCUT2D eigenvalue weighted by Crippen LogP contribution is 2.30. The number of carbonyl (C=O) groups is 4. The zero-order chi connectivity index (χ0) is 16.6. The van der Waals surface area contributed by atoms with Crippen molar-refractivity contribution in [1.82, 2.24) is 10.2 Å². The molecule has 0 unspecified atom stereocenters. The molecule has 7 heteroatoms. The van der Waals surface area contributed by atoms with Crippen molar-refractivity contribution < 1.29 is 23.9 Å². The Labute approximate surface area is 131 Å². The van der Waals surface area contributed by atoms with Gasteiger partial charge < -0.3 is 4.74 Å². The predicted octanol–water partition coefficient (Wildman–Crippen LogP) is 0.0998. The van der Waals surface area contributed by atoms with Gasteiger partial charge in [0, 0.05) is 6.42 Å². The number of ether oxygens (including phenoxy) is 1. The van der Waals surface area contributed by atoms with Crippen molar-refractivity contribution in [3.63, 3.8) is 0 Å². The first-order valence-corrected chi connectivity index (χ1v) is 6.95. The number of fused-ring (bicyclic) bond motifs is 1. The first-order chi connectivity index (χ1) is 11.0. The Balaban J connectivity index is 1.90. The van der Waals surface area contributed by atoms with Gasteiger partial charge in [-0.15, -0.1) is 6.42 Å². The van der Waals surface area contributed by atoms with Gasteiger partial charge in [0.05, 0.1) is 11.1 Å². The van der Waals surface area contributed by atoms with Gasteiger partial charge in [-0.2, -0.15) is 0 Å². The minimum absolute atomic E-state index is 0.0395. The number of nitrogens with one attached hydrogen (secondary N) is 1. The lowest BCUT2D eigenvalue weighted by molar-refractivity contribution is -0.136. The van der Waals surface area contributed by atoms with Crippen LogP contribution in [0.1, 0.15) is 33.6 Å². The molecule has 1 saturated heterocycles. The fraction of sp³-hybridized carbons (Fsp3) is 0.250. The Bertz CT molecular complexity index is 777. The molecule has 4 amide bonds. The van der Waals surface area contributed by atoms with E-state index in [0.29, 0.717) is 5.75 Å². The van der Waals surface area contributed by atoms with Crippen molar-refractivity contribution >= 4 is 23.6 Å². The van der Waals surface area contributed by atoms with Gasteiger partial charge in [-0.3, -0.25) is 29.4 Å². The molecule has 0 saturated carbocycles. The van der Waals surface area contributed by atoms with E-state index < -0.39 is 29.7 Å². The largest absolute Gasteiger partial charge is 0.481 e. The molecule has 3 rings (SSSR count). The molecule has 2 aliphatic rings. The number of hydrogen-bond acceptors (Lipinski definition) is 5. The normalized spacial score (nSPS) is 20.1. The van der Waals surface area contributed by atoms with Gasteiger partial charge in [-0.25, -0.2) is 0 Å².